The number of nitrogens with one attached hydrogen (secondary N) is 1. The van der Waals surface area contributed by atoms with Crippen LogP contribution in [-0.4, -0.2) is 40.3 Å². The molecule has 0 aromatic carbocycles. The van der Waals surface area contributed by atoms with Gasteiger partial charge in [0.25, 0.3) is 0 Å². The minimum absolute atomic E-state index is 0.112. The molecule has 6 nitrogen and oxygen atoms in total. The molecule has 2 unspecified atom stereocenters. The van der Waals surface area contributed by atoms with Crippen LogP contribution in [0.3, 0.4) is 0 Å². The highest BCUT2D eigenvalue weighted by molar-refractivity contribution is 7.84. The average molecular weight is 285 g/mol. The number of carbonyl (C=O) groups excluding carboxylic acids is 1. The molecule has 0 radical (unpaired) electrons. The molecule has 0 saturated carbocycles. The van der Waals surface area contributed by atoms with E-state index >= 15 is 0 Å². The molecule has 0 spiro atoms. The standard InChI is InChI=1S/C12H19N3O3S/c1-8(19(3)17)4-5-14-11-6-9(12(16)18-2)10(13)7-15-11/h6-8H,4-5,13H2,1-3H3,(H,14,15). The highest BCUT2D eigenvalue weighted by Gasteiger charge is 2.12. The zero-order valence-corrected chi connectivity index (χ0v) is 12.1. The van der Waals surface area contributed by atoms with Gasteiger partial charge in [-0.3, -0.25) is 4.21 Å². The second-order valence-corrected chi connectivity index (χ2v) is 5.97. The maximum atomic E-state index is 11.5. The third-order valence-electron chi connectivity index (χ3n) is 2.76. The van der Waals surface area contributed by atoms with E-state index in [-0.39, 0.29) is 16.5 Å². The van der Waals surface area contributed by atoms with Crippen molar-refractivity contribution < 1.29 is 13.7 Å². The van der Waals surface area contributed by atoms with Crippen LogP contribution in [0.4, 0.5) is 11.5 Å². The quantitative estimate of drug-likeness (QED) is 0.758. The summed E-state index contributed by atoms with van der Waals surface area (Å²) in [5, 5.41) is 3.18. The SMILES string of the molecule is COC(=O)c1cc(NCCC(C)S(C)=O)ncc1N. The van der Waals surface area contributed by atoms with Crippen molar-refractivity contribution in [3.8, 4) is 0 Å². The van der Waals surface area contributed by atoms with Gasteiger partial charge in [-0.1, -0.05) is 6.92 Å². The molecule has 0 fully saturated rings. The van der Waals surface area contributed by atoms with Gasteiger partial charge in [0.2, 0.25) is 0 Å². The van der Waals surface area contributed by atoms with Crippen LogP contribution in [0.2, 0.25) is 0 Å². The smallest absolute Gasteiger partial charge is 0.340 e. The molecule has 0 bridgehead atoms. The molecule has 19 heavy (non-hydrogen) atoms. The lowest BCUT2D eigenvalue weighted by molar-refractivity contribution is 0.0602. The van der Waals surface area contributed by atoms with Crippen molar-refractivity contribution in [3.63, 3.8) is 0 Å². The van der Waals surface area contributed by atoms with Crippen LogP contribution in [-0.2, 0) is 15.5 Å². The molecular weight excluding hydrogens is 266 g/mol. The number of ether oxygens (including phenoxy) is 1. The number of nitrogens with two attached hydrogens (primary N) is 1. The third-order valence-corrected chi connectivity index (χ3v) is 4.13. The number of hydrogen-bond donors (Lipinski definition) is 2. The van der Waals surface area contributed by atoms with E-state index in [9.17, 15) is 9.00 Å². The molecular formula is C12H19N3O3S. The van der Waals surface area contributed by atoms with E-state index in [4.69, 9.17) is 5.73 Å². The first-order valence-electron chi connectivity index (χ1n) is 5.85. The largest absolute Gasteiger partial charge is 0.465 e. The molecule has 0 aliphatic rings. The van der Waals surface area contributed by atoms with E-state index in [2.05, 4.69) is 15.0 Å². The molecule has 3 N–H and O–H groups in total. The summed E-state index contributed by atoms with van der Waals surface area (Å²) in [6.07, 6.45) is 3.85. The molecule has 106 valence electrons. The number of nitrogens with zero attached hydrogens (tertiary/aromatic N) is 1. The lowest BCUT2D eigenvalue weighted by Gasteiger charge is -2.11. The van der Waals surface area contributed by atoms with Gasteiger partial charge in [0.15, 0.2) is 0 Å². The van der Waals surface area contributed by atoms with Gasteiger partial charge in [-0.05, 0) is 12.5 Å². The number of hydrogen-bond acceptors (Lipinski definition) is 6. The molecule has 1 aromatic rings. The van der Waals surface area contributed by atoms with Gasteiger partial charge in [-0.15, -0.1) is 0 Å². The summed E-state index contributed by atoms with van der Waals surface area (Å²) >= 11 is 0. The maximum absolute atomic E-state index is 11.5. The Balaban J connectivity index is 2.65. The summed E-state index contributed by atoms with van der Waals surface area (Å²) in [5.41, 5.74) is 6.21. The van der Waals surface area contributed by atoms with Gasteiger partial charge in [-0.25, -0.2) is 9.78 Å². The van der Waals surface area contributed by atoms with Crippen LogP contribution in [0.15, 0.2) is 12.3 Å². The van der Waals surface area contributed by atoms with Gasteiger partial charge in [0, 0.05) is 28.9 Å². The van der Waals surface area contributed by atoms with Crippen LogP contribution in [0.25, 0.3) is 0 Å². The lowest BCUT2D eigenvalue weighted by atomic mass is 10.2. The number of anilines is 2. The number of nitrogen functional groups attached to an aromatic ring is 1. The minimum Gasteiger partial charge on any atom is -0.465 e. The number of pyridine rings is 1. The van der Waals surface area contributed by atoms with E-state index in [1.165, 1.54) is 13.3 Å². The van der Waals surface area contributed by atoms with Crippen molar-refractivity contribution >= 4 is 28.3 Å². The molecule has 0 saturated heterocycles. The van der Waals surface area contributed by atoms with E-state index < -0.39 is 16.8 Å². The second-order valence-electron chi connectivity index (χ2n) is 4.17. The number of aromatic nitrogens is 1. The Labute approximate surface area is 115 Å². The minimum atomic E-state index is -0.840. The summed E-state index contributed by atoms with van der Waals surface area (Å²) < 4.78 is 15.8. The molecule has 1 aromatic heterocycles. The van der Waals surface area contributed by atoms with Crippen molar-refractivity contribution in [1.82, 2.24) is 4.98 Å². The van der Waals surface area contributed by atoms with Crippen molar-refractivity contribution in [3.05, 3.63) is 17.8 Å². The molecule has 0 aliphatic carbocycles. The Hall–Kier alpha value is -1.63. The Bertz CT molecular complexity index is 479. The molecule has 7 heteroatoms. The lowest BCUT2D eigenvalue weighted by Crippen LogP contribution is -2.16. The first kappa shape index (κ1) is 15.4. The zero-order valence-electron chi connectivity index (χ0n) is 11.3. The van der Waals surface area contributed by atoms with Gasteiger partial charge in [-0.2, -0.15) is 0 Å². The van der Waals surface area contributed by atoms with Gasteiger partial charge >= 0.3 is 5.97 Å². The predicted molar refractivity (Wildman–Crippen MR) is 76.6 cm³/mol. The first-order chi connectivity index (χ1) is 8.95. The van der Waals surface area contributed by atoms with Crippen molar-refractivity contribution in [2.45, 2.75) is 18.6 Å². The fourth-order valence-corrected chi connectivity index (χ4v) is 1.87. The molecule has 1 heterocycles. The first-order valence-corrected chi connectivity index (χ1v) is 7.47. The summed E-state index contributed by atoms with van der Waals surface area (Å²) in [6, 6.07) is 1.55. The van der Waals surface area contributed by atoms with Gasteiger partial charge in [0.1, 0.15) is 5.82 Å². The predicted octanol–water partition coefficient (Wildman–Crippen LogP) is 1.02. The van der Waals surface area contributed by atoms with Crippen LogP contribution in [0.1, 0.15) is 23.7 Å². The third kappa shape index (κ3) is 4.51. The number of rotatable bonds is 6. The molecule has 0 aliphatic heterocycles. The van der Waals surface area contributed by atoms with E-state index in [1.807, 2.05) is 6.92 Å². The highest BCUT2D eigenvalue weighted by atomic mass is 32.2. The maximum Gasteiger partial charge on any atom is 0.340 e. The average Bonchev–Trinajstić information content (AvgIpc) is 2.39. The normalized spacial score (nSPS) is 13.6. The molecule has 2 atom stereocenters. The van der Waals surface area contributed by atoms with Gasteiger partial charge < -0.3 is 15.8 Å². The topological polar surface area (TPSA) is 94.3 Å². The van der Waals surface area contributed by atoms with Crippen LogP contribution >= 0.6 is 0 Å². The van der Waals surface area contributed by atoms with E-state index in [1.54, 1.807) is 12.3 Å². The highest BCUT2D eigenvalue weighted by Crippen LogP contribution is 2.16. The Morgan fingerprint density at radius 3 is 2.89 bits per heavy atom. The van der Waals surface area contributed by atoms with E-state index in [0.717, 1.165) is 6.42 Å². The van der Waals surface area contributed by atoms with Crippen LogP contribution in [0, 0.1) is 0 Å². The zero-order chi connectivity index (χ0) is 14.4. The van der Waals surface area contributed by atoms with Crippen LogP contribution in [0.5, 0.6) is 0 Å². The second kappa shape index (κ2) is 7.08. The van der Waals surface area contributed by atoms with Crippen molar-refractivity contribution in [2.75, 3.05) is 31.0 Å². The Kier molecular flexibility index (Phi) is 5.75. The van der Waals surface area contributed by atoms with Gasteiger partial charge in [0.05, 0.1) is 24.6 Å². The fourth-order valence-electron chi connectivity index (χ4n) is 1.42. The summed E-state index contributed by atoms with van der Waals surface area (Å²) in [7, 11) is 0.460. The number of methoxy groups -OCH3 is 1. The summed E-state index contributed by atoms with van der Waals surface area (Å²) in [6.45, 7) is 2.55. The van der Waals surface area contributed by atoms with Crippen molar-refractivity contribution in [2.24, 2.45) is 0 Å². The Morgan fingerprint density at radius 1 is 1.63 bits per heavy atom. The summed E-state index contributed by atoms with van der Waals surface area (Å²) in [5.74, 6) is 0.0506. The number of esters is 1. The van der Waals surface area contributed by atoms with E-state index in [0.29, 0.717) is 12.4 Å². The monoisotopic (exact) mass is 285 g/mol. The van der Waals surface area contributed by atoms with Crippen molar-refractivity contribution in [1.29, 1.82) is 0 Å². The Morgan fingerprint density at radius 2 is 2.32 bits per heavy atom. The van der Waals surface area contributed by atoms with Crippen LogP contribution < -0.4 is 11.1 Å². The number of carbonyl (C=O) groups is 1. The molecule has 1 rings (SSSR count). The summed E-state index contributed by atoms with van der Waals surface area (Å²) in [4.78, 5) is 15.5. The molecule has 0 amide bonds. The fraction of sp³-hybridized carbons (Fsp3) is 0.500.